The highest BCUT2D eigenvalue weighted by Gasteiger charge is 2.31. The second-order valence-electron chi connectivity index (χ2n) is 8.71. The van der Waals surface area contributed by atoms with Crippen LogP contribution in [0.3, 0.4) is 0 Å². The first-order valence-electron chi connectivity index (χ1n) is 11.6. The van der Waals surface area contributed by atoms with E-state index in [1.807, 2.05) is 20.9 Å². The zero-order chi connectivity index (χ0) is 24.4. The molecule has 2 saturated heterocycles. The lowest BCUT2D eigenvalue weighted by Gasteiger charge is -2.36. The molecule has 0 N–H and O–H groups in total. The molecule has 0 atom stereocenters. The lowest BCUT2D eigenvalue weighted by atomic mass is 10.00. The lowest BCUT2D eigenvalue weighted by molar-refractivity contribution is -0.155. The lowest BCUT2D eigenvalue weighted by Crippen LogP contribution is -2.55. The highest BCUT2D eigenvalue weighted by molar-refractivity contribution is 6.34. The first-order valence-corrected chi connectivity index (χ1v) is 11.6. The molecule has 0 aromatic carbocycles. The van der Waals surface area contributed by atoms with Crippen molar-refractivity contribution in [3.8, 4) is 5.88 Å². The third-order valence-electron chi connectivity index (χ3n) is 6.71. The average molecular weight is 473 g/mol. The van der Waals surface area contributed by atoms with E-state index in [-0.39, 0.29) is 5.91 Å². The van der Waals surface area contributed by atoms with Crippen molar-refractivity contribution in [3.63, 3.8) is 0 Å². The van der Waals surface area contributed by atoms with Crippen LogP contribution in [0.2, 0.25) is 0 Å². The van der Waals surface area contributed by atoms with Crippen molar-refractivity contribution >= 4 is 28.8 Å². The second kappa shape index (κ2) is 9.96. The summed E-state index contributed by atoms with van der Waals surface area (Å²) in [6.45, 7) is 7.31. The molecule has 34 heavy (non-hydrogen) atoms. The summed E-state index contributed by atoms with van der Waals surface area (Å²) in [5.74, 6) is -0.418. The van der Waals surface area contributed by atoms with Crippen LogP contribution in [0.5, 0.6) is 5.88 Å². The topological polar surface area (TPSA) is 110 Å². The fourth-order valence-corrected chi connectivity index (χ4v) is 4.69. The number of nitrogens with zero attached hydrogens (tertiary/aromatic N) is 6. The molecule has 2 aliphatic heterocycles. The Balaban J connectivity index is 1.34. The number of pyridine rings is 1. The predicted octanol–water partition coefficient (Wildman–Crippen LogP) is 0.0559. The third-order valence-corrected chi connectivity index (χ3v) is 6.71. The van der Waals surface area contributed by atoms with Crippen LogP contribution < -0.4 is 4.74 Å². The molecule has 3 amide bonds. The van der Waals surface area contributed by atoms with Gasteiger partial charge in [-0.05, 0) is 31.4 Å². The van der Waals surface area contributed by atoms with Crippen LogP contribution >= 0.6 is 0 Å². The smallest absolute Gasteiger partial charge is 0.312 e. The van der Waals surface area contributed by atoms with Gasteiger partial charge < -0.3 is 24.2 Å². The minimum absolute atomic E-state index is 0.0312. The number of carbonyl (C=O) groups is 3. The molecule has 0 aliphatic carbocycles. The van der Waals surface area contributed by atoms with E-state index in [9.17, 15) is 14.4 Å². The summed E-state index contributed by atoms with van der Waals surface area (Å²) < 4.78 is 12.4. The number of hydrogen-bond donors (Lipinski definition) is 0. The molecule has 2 aromatic rings. The number of carbonyl (C=O) groups excluding carboxylic acids is 3. The van der Waals surface area contributed by atoms with Gasteiger partial charge >= 0.3 is 11.8 Å². The Morgan fingerprint density at radius 2 is 1.53 bits per heavy atom. The first kappa shape index (κ1) is 23.9. The van der Waals surface area contributed by atoms with E-state index in [2.05, 4.69) is 10.1 Å². The van der Waals surface area contributed by atoms with Crippen LogP contribution in [0.25, 0.3) is 11.0 Å². The van der Waals surface area contributed by atoms with Crippen molar-refractivity contribution in [2.45, 2.75) is 26.7 Å². The zero-order valence-corrected chi connectivity index (χ0v) is 20.3. The minimum atomic E-state index is -0.495. The van der Waals surface area contributed by atoms with Gasteiger partial charge in [0.25, 0.3) is 0 Å². The van der Waals surface area contributed by atoms with E-state index in [1.54, 1.807) is 21.6 Å². The van der Waals surface area contributed by atoms with Crippen molar-refractivity contribution in [2.75, 3.05) is 59.6 Å². The van der Waals surface area contributed by atoms with Crippen LogP contribution in [0.1, 0.15) is 23.2 Å². The predicted molar refractivity (Wildman–Crippen MR) is 123 cm³/mol. The molecule has 11 heteroatoms. The SMILES string of the molecule is COc1nn(C)c2nc(C)c(CCC(=O)N3CCN(C(=O)C(=O)N4CCOCC4)CC3)c(C)c12. The Bertz CT molecular complexity index is 1100. The summed E-state index contributed by atoms with van der Waals surface area (Å²) >= 11 is 0. The van der Waals surface area contributed by atoms with Gasteiger partial charge in [-0.2, -0.15) is 0 Å². The van der Waals surface area contributed by atoms with Gasteiger partial charge in [-0.3, -0.25) is 14.4 Å². The highest BCUT2D eigenvalue weighted by atomic mass is 16.5. The van der Waals surface area contributed by atoms with Gasteiger partial charge in [-0.25, -0.2) is 9.67 Å². The van der Waals surface area contributed by atoms with Gasteiger partial charge in [0.15, 0.2) is 5.65 Å². The van der Waals surface area contributed by atoms with E-state index in [4.69, 9.17) is 9.47 Å². The van der Waals surface area contributed by atoms with Crippen molar-refractivity contribution in [1.82, 2.24) is 29.5 Å². The minimum Gasteiger partial charge on any atom is -0.479 e. The van der Waals surface area contributed by atoms with Crippen LogP contribution in [0, 0.1) is 13.8 Å². The molecule has 2 aliphatic rings. The van der Waals surface area contributed by atoms with E-state index < -0.39 is 11.8 Å². The maximum absolute atomic E-state index is 12.9. The summed E-state index contributed by atoms with van der Waals surface area (Å²) in [6.07, 6.45) is 0.907. The Morgan fingerprint density at radius 3 is 2.15 bits per heavy atom. The highest BCUT2D eigenvalue weighted by Crippen LogP contribution is 2.30. The van der Waals surface area contributed by atoms with E-state index in [0.29, 0.717) is 71.2 Å². The molecule has 4 heterocycles. The first-order chi connectivity index (χ1) is 16.3. The van der Waals surface area contributed by atoms with Gasteiger partial charge in [0.05, 0.1) is 25.7 Å². The largest absolute Gasteiger partial charge is 0.479 e. The van der Waals surface area contributed by atoms with Crippen molar-refractivity contribution in [1.29, 1.82) is 0 Å². The molecule has 2 aromatic heterocycles. The van der Waals surface area contributed by atoms with Crippen LogP contribution in [-0.4, -0.2) is 107 Å². The number of morpholine rings is 1. The van der Waals surface area contributed by atoms with E-state index in [1.165, 1.54) is 4.90 Å². The average Bonchev–Trinajstić information content (AvgIpc) is 3.18. The molecule has 4 rings (SSSR count). The molecule has 0 bridgehead atoms. The summed E-state index contributed by atoms with van der Waals surface area (Å²) in [7, 11) is 3.42. The van der Waals surface area contributed by atoms with E-state index in [0.717, 1.165) is 27.9 Å². The summed E-state index contributed by atoms with van der Waals surface area (Å²) in [6, 6.07) is 0. The molecule has 0 radical (unpaired) electrons. The molecular weight excluding hydrogens is 440 g/mol. The number of aryl methyl sites for hydroxylation is 3. The summed E-state index contributed by atoms with van der Waals surface area (Å²) in [5.41, 5.74) is 3.68. The molecule has 0 spiro atoms. The van der Waals surface area contributed by atoms with Gasteiger partial charge in [-0.15, -0.1) is 5.10 Å². The number of aromatic nitrogens is 3. The zero-order valence-electron chi connectivity index (χ0n) is 20.3. The number of hydrogen-bond acceptors (Lipinski definition) is 7. The molecule has 0 saturated carbocycles. The van der Waals surface area contributed by atoms with Crippen molar-refractivity contribution in [3.05, 3.63) is 16.8 Å². The Labute approximate surface area is 198 Å². The van der Waals surface area contributed by atoms with Crippen molar-refractivity contribution < 1.29 is 23.9 Å². The summed E-state index contributed by atoms with van der Waals surface area (Å²) in [5, 5.41) is 5.25. The number of ether oxygens (including phenoxy) is 2. The Hall–Kier alpha value is -3.21. The molecule has 11 nitrogen and oxygen atoms in total. The fraction of sp³-hybridized carbons (Fsp3) is 0.609. The number of piperazine rings is 1. The maximum Gasteiger partial charge on any atom is 0.312 e. The summed E-state index contributed by atoms with van der Waals surface area (Å²) in [4.78, 5) is 47.5. The number of fused-ring (bicyclic) bond motifs is 1. The van der Waals surface area contributed by atoms with Gasteiger partial charge in [-0.1, -0.05) is 0 Å². The number of amides is 3. The maximum atomic E-state index is 12.9. The third kappa shape index (κ3) is 4.56. The van der Waals surface area contributed by atoms with Crippen LogP contribution in [0.4, 0.5) is 0 Å². The quantitative estimate of drug-likeness (QED) is 0.579. The van der Waals surface area contributed by atoms with Crippen LogP contribution in [-0.2, 0) is 32.6 Å². The van der Waals surface area contributed by atoms with Gasteiger partial charge in [0.1, 0.15) is 0 Å². The van der Waals surface area contributed by atoms with E-state index >= 15 is 0 Å². The monoisotopic (exact) mass is 472 g/mol. The molecule has 184 valence electrons. The standard InChI is InChI=1S/C23H32N6O5/c1-15-17(16(2)24-20-19(15)21(33-4)25-26(20)3)5-6-18(30)27-7-9-28(10-8-27)22(31)23(32)29-11-13-34-14-12-29/h5-14H2,1-4H3. The molecule has 2 fully saturated rings. The van der Waals surface area contributed by atoms with Gasteiger partial charge in [0, 0.05) is 58.4 Å². The van der Waals surface area contributed by atoms with Crippen LogP contribution in [0.15, 0.2) is 0 Å². The number of methoxy groups -OCH3 is 1. The van der Waals surface area contributed by atoms with Gasteiger partial charge in [0.2, 0.25) is 11.8 Å². The second-order valence-corrected chi connectivity index (χ2v) is 8.71. The number of rotatable bonds is 4. The fourth-order valence-electron chi connectivity index (χ4n) is 4.69. The molecule has 0 unspecified atom stereocenters. The Kier molecular flexibility index (Phi) is 7.01. The van der Waals surface area contributed by atoms with Crippen molar-refractivity contribution in [2.24, 2.45) is 7.05 Å². The normalized spacial score (nSPS) is 16.8. The molecular formula is C23H32N6O5. The Morgan fingerprint density at radius 1 is 0.941 bits per heavy atom.